The van der Waals surface area contributed by atoms with Crippen molar-refractivity contribution in [2.75, 3.05) is 7.11 Å². The largest absolute Gasteiger partial charge is 0.439 e. The Hall–Kier alpha value is -2.14. The van der Waals surface area contributed by atoms with E-state index in [-0.39, 0.29) is 0 Å². The molecule has 0 saturated heterocycles. The van der Waals surface area contributed by atoms with Crippen LogP contribution >= 0.6 is 0 Å². The van der Waals surface area contributed by atoms with Crippen molar-refractivity contribution in [1.29, 1.82) is 0 Å². The number of aryl methyl sites for hydroxylation is 2. The number of ether oxygens (including phenoxy) is 2. The molecular weight excluding hydrogens is 244 g/mol. The van der Waals surface area contributed by atoms with Crippen molar-refractivity contribution in [3.8, 4) is 11.6 Å². The molecule has 0 radical (unpaired) electrons. The Morgan fingerprint density at radius 1 is 1.42 bits per heavy atom. The summed E-state index contributed by atoms with van der Waals surface area (Å²) in [5, 5.41) is 4.17. The third-order valence-corrected chi connectivity index (χ3v) is 2.76. The number of hydrogen-bond donors (Lipinski definition) is 0. The van der Waals surface area contributed by atoms with Crippen LogP contribution in [0, 0.1) is 6.92 Å². The number of benzene rings is 1. The molecule has 19 heavy (non-hydrogen) atoms. The minimum Gasteiger partial charge on any atom is -0.439 e. The van der Waals surface area contributed by atoms with Crippen LogP contribution < -0.4 is 4.74 Å². The monoisotopic (exact) mass is 260 g/mol. The molecule has 0 unspecified atom stereocenters. The van der Waals surface area contributed by atoms with Gasteiger partial charge in [-0.1, -0.05) is 12.1 Å². The SMILES string of the molecule is COCc1cccc(Oc2c(C=O)c(C)nn2C)c1. The molecule has 1 aromatic carbocycles. The van der Waals surface area contributed by atoms with Gasteiger partial charge in [0, 0.05) is 14.2 Å². The summed E-state index contributed by atoms with van der Waals surface area (Å²) in [6.45, 7) is 2.29. The van der Waals surface area contributed by atoms with Crippen molar-refractivity contribution in [2.24, 2.45) is 7.05 Å². The maximum atomic E-state index is 11.1. The molecule has 0 bridgehead atoms. The standard InChI is InChI=1S/C14H16N2O3/c1-10-13(8-17)14(16(2)15-10)19-12-6-4-5-11(7-12)9-18-3/h4-8H,9H2,1-3H3. The van der Waals surface area contributed by atoms with E-state index in [0.29, 0.717) is 29.5 Å². The average Bonchev–Trinajstić information content (AvgIpc) is 2.65. The van der Waals surface area contributed by atoms with Gasteiger partial charge >= 0.3 is 0 Å². The number of aldehydes is 1. The van der Waals surface area contributed by atoms with E-state index in [1.54, 1.807) is 25.8 Å². The highest BCUT2D eigenvalue weighted by molar-refractivity contribution is 5.80. The highest BCUT2D eigenvalue weighted by Crippen LogP contribution is 2.26. The third kappa shape index (κ3) is 2.82. The molecule has 0 amide bonds. The van der Waals surface area contributed by atoms with Gasteiger partial charge in [0.2, 0.25) is 5.88 Å². The van der Waals surface area contributed by atoms with Crippen LogP contribution in [0.4, 0.5) is 0 Å². The maximum absolute atomic E-state index is 11.1. The molecule has 100 valence electrons. The summed E-state index contributed by atoms with van der Waals surface area (Å²) in [4.78, 5) is 11.1. The van der Waals surface area contributed by atoms with Gasteiger partial charge in [-0.15, -0.1) is 0 Å². The first-order valence-electron chi connectivity index (χ1n) is 5.90. The molecule has 1 aromatic heterocycles. The summed E-state index contributed by atoms with van der Waals surface area (Å²) >= 11 is 0. The minimum absolute atomic E-state index is 0.446. The fraction of sp³-hybridized carbons (Fsp3) is 0.286. The molecule has 0 aliphatic carbocycles. The molecular formula is C14H16N2O3. The molecule has 0 fully saturated rings. The molecule has 0 spiro atoms. The quantitative estimate of drug-likeness (QED) is 0.775. The molecule has 2 aromatic rings. The lowest BCUT2D eigenvalue weighted by atomic mass is 10.2. The summed E-state index contributed by atoms with van der Waals surface area (Å²) in [7, 11) is 3.39. The molecule has 2 rings (SSSR count). The van der Waals surface area contributed by atoms with Crippen LogP contribution in [0.25, 0.3) is 0 Å². The van der Waals surface area contributed by atoms with Crippen molar-refractivity contribution in [3.05, 3.63) is 41.1 Å². The van der Waals surface area contributed by atoms with E-state index in [1.807, 2.05) is 24.3 Å². The highest BCUT2D eigenvalue weighted by atomic mass is 16.5. The zero-order valence-electron chi connectivity index (χ0n) is 11.2. The topological polar surface area (TPSA) is 53.4 Å². The van der Waals surface area contributed by atoms with Crippen molar-refractivity contribution in [2.45, 2.75) is 13.5 Å². The zero-order chi connectivity index (χ0) is 13.8. The maximum Gasteiger partial charge on any atom is 0.228 e. The van der Waals surface area contributed by atoms with Crippen molar-refractivity contribution in [3.63, 3.8) is 0 Å². The fourth-order valence-corrected chi connectivity index (χ4v) is 1.89. The molecule has 1 heterocycles. The van der Waals surface area contributed by atoms with Crippen LogP contribution in [-0.4, -0.2) is 23.2 Å². The summed E-state index contributed by atoms with van der Waals surface area (Å²) in [5.74, 6) is 1.10. The Morgan fingerprint density at radius 3 is 2.89 bits per heavy atom. The van der Waals surface area contributed by atoms with E-state index >= 15 is 0 Å². The molecule has 5 nitrogen and oxygen atoms in total. The predicted octanol–water partition coefficient (Wildman–Crippen LogP) is 2.48. The first-order chi connectivity index (χ1) is 9.15. The Balaban J connectivity index is 2.30. The molecule has 0 aliphatic rings. The van der Waals surface area contributed by atoms with Gasteiger partial charge in [-0.2, -0.15) is 5.10 Å². The molecule has 0 N–H and O–H groups in total. The van der Waals surface area contributed by atoms with Crippen LogP contribution in [0.2, 0.25) is 0 Å². The second-order valence-corrected chi connectivity index (χ2v) is 4.23. The van der Waals surface area contributed by atoms with E-state index in [0.717, 1.165) is 11.8 Å². The second kappa shape index (κ2) is 5.67. The van der Waals surface area contributed by atoms with Gasteiger partial charge in [0.25, 0.3) is 0 Å². The number of carbonyl (C=O) groups excluding carboxylic acids is 1. The molecule has 0 atom stereocenters. The number of hydrogen-bond acceptors (Lipinski definition) is 4. The van der Waals surface area contributed by atoms with Gasteiger partial charge in [-0.3, -0.25) is 4.79 Å². The van der Waals surface area contributed by atoms with E-state index in [2.05, 4.69) is 5.10 Å². The number of nitrogens with zero attached hydrogens (tertiary/aromatic N) is 2. The van der Waals surface area contributed by atoms with E-state index in [4.69, 9.17) is 9.47 Å². The summed E-state index contributed by atoms with van der Waals surface area (Å²) in [5.41, 5.74) is 2.13. The van der Waals surface area contributed by atoms with Gasteiger partial charge in [0.15, 0.2) is 6.29 Å². The van der Waals surface area contributed by atoms with Crippen LogP contribution in [0.15, 0.2) is 24.3 Å². The van der Waals surface area contributed by atoms with Gasteiger partial charge in [0.1, 0.15) is 5.75 Å². The van der Waals surface area contributed by atoms with Gasteiger partial charge in [0.05, 0.1) is 17.9 Å². The minimum atomic E-state index is 0.446. The first kappa shape index (κ1) is 13.3. The number of rotatable bonds is 5. The van der Waals surface area contributed by atoms with E-state index in [1.165, 1.54) is 0 Å². The van der Waals surface area contributed by atoms with Crippen LogP contribution in [0.1, 0.15) is 21.6 Å². The van der Waals surface area contributed by atoms with Crippen molar-refractivity contribution >= 4 is 6.29 Å². The number of methoxy groups -OCH3 is 1. The lowest BCUT2D eigenvalue weighted by molar-refractivity contribution is 0.112. The normalized spacial score (nSPS) is 10.5. The summed E-state index contributed by atoms with van der Waals surface area (Å²) in [6.07, 6.45) is 0.761. The predicted molar refractivity (Wildman–Crippen MR) is 70.6 cm³/mol. The summed E-state index contributed by atoms with van der Waals surface area (Å²) in [6, 6.07) is 7.54. The van der Waals surface area contributed by atoms with Crippen molar-refractivity contribution < 1.29 is 14.3 Å². The molecule has 0 aliphatic heterocycles. The van der Waals surface area contributed by atoms with E-state index in [9.17, 15) is 4.79 Å². The smallest absolute Gasteiger partial charge is 0.228 e. The highest BCUT2D eigenvalue weighted by Gasteiger charge is 2.14. The lowest BCUT2D eigenvalue weighted by Gasteiger charge is -2.08. The number of carbonyl (C=O) groups is 1. The average molecular weight is 260 g/mol. The van der Waals surface area contributed by atoms with E-state index < -0.39 is 0 Å². The summed E-state index contributed by atoms with van der Waals surface area (Å²) < 4.78 is 12.4. The number of aromatic nitrogens is 2. The molecule has 5 heteroatoms. The Morgan fingerprint density at radius 2 is 2.21 bits per heavy atom. The fourth-order valence-electron chi connectivity index (χ4n) is 1.89. The first-order valence-corrected chi connectivity index (χ1v) is 5.90. The van der Waals surface area contributed by atoms with Gasteiger partial charge in [-0.05, 0) is 24.6 Å². The van der Waals surface area contributed by atoms with Crippen LogP contribution in [0.5, 0.6) is 11.6 Å². The lowest BCUT2D eigenvalue weighted by Crippen LogP contribution is -1.97. The third-order valence-electron chi connectivity index (χ3n) is 2.76. The van der Waals surface area contributed by atoms with Gasteiger partial charge in [-0.25, -0.2) is 4.68 Å². The molecule has 0 saturated carbocycles. The van der Waals surface area contributed by atoms with Crippen LogP contribution in [0.3, 0.4) is 0 Å². The Labute approximate surface area is 111 Å². The van der Waals surface area contributed by atoms with Crippen LogP contribution in [-0.2, 0) is 18.4 Å². The Kier molecular flexibility index (Phi) is 3.97. The Bertz CT molecular complexity index is 590. The zero-order valence-corrected chi connectivity index (χ0v) is 11.2. The van der Waals surface area contributed by atoms with Gasteiger partial charge < -0.3 is 9.47 Å². The van der Waals surface area contributed by atoms with Crippen molar-refractivity contribution in [1.82, 2.24) is 9.78 Å². The second-order valence-electron chi connectivity index (χ2n) is 4.23.